The zero-order valence-electron chi connectivity index (χ0n) is 7.56. The van der Waals surface area contributed by atoms with Crippen LogP contribution in [0.5, 0.6) is 0 Å². The standard InChI is InChI=1S/C10H9ClF2O/c1-6(14)4-7-2-3-8(10(12)13)5-9(7)11/h2-3,5,10H,4H2,1H3. The summed E-state index contributed by atoms with van der Waals surface area (Å²) in [4.78, 5) is 10.8. The van der Waals surface area contributed by atoms with Crippen molar-refractivity contribution in [1.82, 2.24) is 0 Å². The lowest BCUT2D eigenvalue weighted by Gasteiger charge is -2.04. The highest BCUT2D eigenvalue weighted by molar-refractivity contribution is 6.31. The van der Waals surface area contributed by atoms with Crippen LogP contribution < -0.4 is 0 Å². The lowest BCUT2D eigenvalue weighted by Crippen LogP contribution is -1.97. The topological polar surface area (TPSA) is 17.1 Å². The van der Waals surface area contributed by atoms with Crippen molar-refractivity contribution in [2.24, 2.45) is 0 Å². The van der Waals surface area contributed by atoms with Crippen LogP contribution in [0.25, 0.3) is 0 Å². The smallest absolute Gasteiger partial charge is 0.263 e. The number of rotatable bonds is 3. The van der Waals surface area contributed by atoms with Gasteiger partial charge in [0.2, 0.25) is 0 Å². The molecule has 14 heavy (non-hydrogen) atoms. The summed E-state index contributed by atoms with van der Waals surface area (Å²) in [6, 6.07) is 3.95. The Morgan fingerprint density at radius 3 is 2.57 bits per heavy atom. The van der Waals surface area contributed by atoms with E-state index in [4.69, 9.17) is 11.6 Å². The number of halogens is 3. The van der Waals surface area contributed by atoms with Crippen LogP contribution >= 0.6 is 11.6 Å². The van der Waals surface area contributed by atoms with Gasteiger partial charge >= 0.3 is 0 Å². The lowest BCUT2D eigenvalue weighted by molar-refractivity contribution is -0.116. The Balaban J connectivity index is 2.95. The minimum Gasteiger partial charge on any atom is -0.300 e. The van der Waals surface area contributed by atoms with Gasteiger partial charge in [0.05, 0.1) is 0 Å². The fraction of sp³-hybridized carbons (Fsp3) is 0.300. The Morgan fingerprint density at radius 2 is 2.14 bits per heavy atom. The third-order valence-corrected chi connectivity index (χ3v) is 2.12. The Kier molecular flexibility index (Phi) is 3.58. The highest BCUT2D eigenvalue weighted by atomic mass is 35.5. The Labute approximate surface area is 85.7 Å². The first-order chi connectivity index (χ1) is 6.50. The first kappa shape index (κ1) is 11.1. The van der Waals surface area contributed by atoms with Gasteiger partial charge in [-0.25, -0.2) is 8.78 Å². The molecule has 0 aliphatic rings. The first-order valence-corrected chi connectivity index (χ1v) is 4.44. The van der Waals surface area contributed by atoms with Crippen molar-refractivity contribution in [2.75, 3.05) is 0 Å². The average molecular weight is 219 g/mol. The van der Waals surface area contributed by atoms with Crippen molar-refractivity contribution in [3.05, 3.63) is 34.3 Å². The normalized spacial score (nSPS) is 10.6. The molecule has 0 atom stereocenters. The van der Waals surface area contributed by atoms with E-state index in [2.05, 4.69) is 0 Å². The molecular weight excluding hydrogens is 210 g/mol. The molecule has 1 aromatic carbocycles. The third kappa shape index (κ3) is 2.77. The minimum atomic E-state index is -2.53. The van der Waals surface area contributed by atoms with Crippen LogP contribution in [-0.2, 0) is 11.2 Å². The second kappa shape index (κ2) is 4.51. The van der Waals surface area contributed by atoms with E-state index in [0.29, 0.717) is 5.56 Å². The number of Topliss-reactive ketones (excluding diaryl/α,β-unsaturated/α-hetero) is 1. The van der Waals surface area contributed by atoms with Crippen LogP contribution in [0.1, 0.15) is 24.5 Å². The molecule has 1 aromatic rings. The quantitative estimate of drug-likeness (QED) is 0.760. The molecule has 0 aliphatic carbocycles. The maximum absolute atomic E-state index is 12.2. The molecule has 0 saturated heterocycles. The van der Waals surface area contributed by atoms with E-state index in [9.17, 15) is 13.6 Å². The van der Waals surface area contributed by atoms with Crippen LogP contribution in [0.4, 0.5) is 8.78 Å². The molecule has 0 fully saturated rings. The molecular formula is C10H9ClF2O. The van der Waals surface area contributed by atoms with E-state index in [1.807, 2.05) is 0 Å². The van der Waals surface area contributed by atoms with Gasteiger partial charge in [-0.3, -0.25) is 4.79 Å². The summed E-state index contributed by atoms with van der Waals surface area (Å²) in [6.45, 7) is 1.43. The third-order valence-electron chi connectivity index (χ3n) is 1.77. The van der Waals surface area contributed by atoms with Crippen LogP contribution in [0, 0.1) is 0 Å². The van der Waals surface area contributed by atoms with E-state index in [0.717, 1.165) is 0 Å². The number of carbonyl (C=O) groups is 1. The molecule has 76 valence electrons. The molecule has 0 spiro atoms. The molecule has 0 radical (unpaired) electrons. The van der Waals surface area contributed by atoms with E-state index in [-0.39, 0.29) is 22.8 Å². The second-order valence-electron chi connectivity index (χ2n) is 3.03. The molecule has 0 heterocycles. The summed E-state index contributed by atoms with van der Waals surface area (Å²) < 4.78 is 24.4. The Bertz CT molecular complexity index is 350. The number of alkyl halides is 2. The lowest BCUT2D eigenvalue weighted by atomic mass is 10.1. The van der Waals surface area contributed by atoms with Crippen molar-refractivity contribution >= 4 is 17.4 Å². The predicted octanol–water partition coefficient (Wildman–Crippen LogP) is 3.41. The van der Waals surface area contributed by atoms with Crippen LogP contribution in [0.3, 0.4) is 0 Å². The number of carbonyl (C=O) groups excluding carboxylic acids is 1. The molecule has 0 N–H and O–H groups in total. The number of ketones is 1. The number of hydrogen-bond donors (Lipinski definition) is 0. The van der Waals surface area contributed by atoms with Gasteiger partial charge in [-0.2, -0.15) is 0 Å². The van der Waals surface area contributed by atoms with Crippen molar-refractivity contribution in [2.45, 2.75) is 19.8 Å². The summed E-state index contributed by atoms with van der Waals surface area (Å²) in [5, 5.41) is 0.220. The summed E-state index contributed by atoms with van der Waals surface area (Å²) in [5.74, 6) is -0.0447. The molecule has 1 nitrogen and oxygen atoms in total. The van der Waals surface area contributed by atoms with Crippen LogP contribution in [-0.4, -0.2) is 5.78 Å². The molecule has 0 unspecified atom stereocenters. The van der Waals surface area contributed by atoms with E-state index < -0.39 is 6.43 Å². The molecule has 0 aromatic heterocycles. The van der Waals surface area contributed by atoms with Gasteiger partial charge in [0.15, 0.2) is 0 Å². The summed E-state index contributed by atoms with van der Waals surface area (Å²) >= 11 is 5.73. The van der Waals surface area contributed by atoms with Gasteiger partial charge in [-0.15, -0.1) is 0 Å². The van der Waals surface area contributed by atoms with Crippen LogP contribution in [0.2, 0.25) is 5.02 Å². The van der Waals surface area contributed by atoms with Gasteiger partial charge in [-0.05, 0) is 18.6 Å². The molecule has 0 amide bonds. The van der Waals surface area contributed by atoms with Gasteiger partial charge in [0.25, 0.3) is 6.43 Å². The van der Waals surface area contributed by atoms with Crippen LogP contribution in [0.15, 0.2) is 18.2 Å². The zero-order chi connectivity index (χ0) is 10.7. The maximum Gasteiger partial charge on any atom is 0.263 e. The van der Waals surface area contributed by atoms with Gasteiger partial charge < -0.3 is 0 Å². The first-order valence-electron chi connectivity index (χ1n) is 4.06. The molecule has 0 saturated carbocycles. The predicted molar refractivity (Wildman–Crippen MR) is 50.8 cm³/mol. The van der Waals surface area contributed by atoms with Gasteiger partial charge in [0.1, 0.15) is 5.78 Å². The summed E-state index contributed by atoms with van der Waals surface area (Å²) in [5.41, 5.74) is 0.464. The molecule has 0 aliphatic heterocycles. The van der Waals surface area contributed by atoms with E-state index in [1.54, 1.807) is 0 Å². The Hall–Kier alpha value is -0.960. The highest BCUT2D eigenvalue weighted by Crippen LogP contribution is 2.25. The zero-order valence-corrected chi connectivity index (χ0v) is 8.31. The molecule has 4 heteroatoms. The number of hydrogen-bond acceptors (Lipinski definition) is 1. The number of benzene rings is 1. The van der Waals surface area contributed by atoms with Gasteiger partial charge in [0, 0.05) is 17.0 Å². The second-order valence-corrected chi connectivity index (χ2v) is 3.44. The summed E-state index contributed by atoms with van der Waals surface area (Å²) in [6.07, 6.45) is -2.35. The summed E-state index contributed by atoms with van der Waals surface area (Å²) in [7, 11) is 0. The van der Waals surface area contributed by atoms with E-state index >= 15 is 0 Å². The minimum absolute atomic E-state index is 0.0447. The van der Waals surface area contributed by atoms with Crippen molar-refractivity contribution in [1.29, 1.82) is 0 Å². The largest absolute Gasteiger partial charge is 0.300 e. The SMILES string of the molecule is CC(=O)Cc1ccc(C(F)F)cc1Cl. The monoisotopic (exact) mass is 218 g/mol. The molecule has 0 bridgehead atoms. The fourth-order valence-corrected chi connectivity index (χ4v) is 1.37. The maximum atomic E-state index is 12.2. The fourth-order valence-electron chi connectivity index (χ4n) is 1.11. The van der Waals surface area contributed by atoms with Crippen molar-refractivity contribution in [3.63, 3.8) is 0 Å². The van der Waals surface area contributed by atoms with Crippen molar-refractivity contribution < 1.29 is 13.6 Å². The average Bonchev–Trinajstić information content (AvgIpc) is 2.07. The Morgan fingerprint density at radius 1 is 1.50 bits per heavy atom. The van der Waals surface area contributed by atoms with Gasteiger partial charge in [-0.1, -0.05) is 23.7 Å². The van der Waals surface area contributed by atoms with Crippen molar-refractivity contribution in [3.8, 4) is 0 Å². The highest BCUT2D eigenvalue weighted by Gasteiger charge is 2.10. The molecule has 1 rings (SSSR count). The van der Waals surface area contributed by atoms with E-state index in [1.165, 1.54) is 25.1 Å².